The summed E-state index contributed by atoms with van der Waals surface area (Å²) in [6.07, 6.45) is -2.47. The number of nitrogens with zero attached hydrogens (tertiary/aromatic N) is 5. The molecule has 1 aliphatic carbocycles. The first-order chi connectivity index (χ1) is 21.9. The van der Waals surface area contributed by atoms with Crippen LogP contribution < -0.4 is 15.4 Å². The molecule has 2 atom stereocenters. The molecule has 0 spiro atoms. The number of hydrogen-bond donors (Lipinski definition) is 2. The molecule has 0 radical (unpaired) electrons. The van der Waals surface area contributed by atoms with Crippen molar-refractivity contribution < 1.29 is 32.3 Å². The number of fused-ring (bicyclic) bond motifs is 1. The Morgan fingerprint density at radius 1 is 0.935 bits per heavy atom. The lowest BCUT2D eigenvalue weighted by atomic mass is 9.92. The molecule has 46 heavy (non-hydrogen) atoms. The number of nitrogens with one attached hydrogen (secondary N) is 2. The number of alkyl halides is 3. The maximum absolute atomic E-state index is 13.2. The molecule has 2 N–H and O–H groups in total. The van der Waals surface area contributed by atoms with Gasteiger partial charge in [-0.3, -0.25) is 14.4 Å². The summed E-state index contributed by atoms with van der Waals surface area (Å²) in [5.41, 5.74) is 1.75. The van der Waals surface area contributed by atoms with Crippen molar-refractivity contribution in [2.45, 2.75) is 30.9 Å². The fraction of sp³-hybridized carbons (Fsp3) is 0.419. The number of ether oxygens (including phenoxy) is 1. The van der Waals surface area contributed by atoms with Crippen molar-refractivity contribution in [3.63, 3.8) is 0 Å². The van der Waals surface area contributed by atoms with Gasteiger partial charge in [-0.15, -0.1) is 0 Å². The first-order valence-electron chi connectivity index (χ1n) is 14.8. The van der Waals surface area contributed by atoms with Crippen LogP contribution in [0.1, 0.15) is 34.6 Å². The van der Waals surface area contributed by atoms with Crippen LogP contribution in [0, 0.1) is 11.8 Å². The van der Waals surface area contributed by atoms with Crippen LogP contribution in [-0.4, -0.2) is 88.5 Å². The maximum atomic E-state index is 13.2. The van der Waals surface area contributed by atoms with Crippen LogP contribution in [0.3, 0.4) is 0 Å². The molecule has 242 valence electrons. The highest BCUT2D eigenvalue weighted by molar-refractivity contribution is 6.35. The van der Waals surface area contributed by atoms with Gasteiger partial charge in [-0.2, -0.15) is 28.1 Å². The number of halogens is 4. The molecule has 3 amide bonds. The molecule has 2 aliphatic heterocycles. The Balaban J connectivity index is 1.12. The lowest BCUT2D eigenvalue weighted by Gasteiger charge is -2.21. The third-order valence-electron chi connectivity index (χ3n) is 8.70. The van der Waals surface area contributed by atoms with E-state index in [9.17, 15) is 27.6 Å². The summed E-state index contributed by atoms with van der Waals surface area (Å²) in [7, 11) is 1.41. The molecule has 3 heterocycles. The van der Waals surface area contributed by atoms with Crippen molar-refractivity contribution in [3.05, 3.63) is 70.5 Å². The van der Waals surface area contributed by atoms with E-state index in [0.717, 1.165) is 18.4 Å². The van der Waals surface area contributed by atoms with Crippen LogP contribution in [0.25, 0.3) is 0 Å². The Bertz CT molecular complexity index is 1620. The Hall–Kier alpha value is -4.46. The van der Waals surface area contributed by atoms with Gasteiger partial charge in [0.2, 0.25) is 5.95 Å². The van der Waals surface area contributed by atoms with Gasteiger partial charge in [0.1, 0.15) is 5.82 Å². The number of likely N-dealkylation sites (N-methyl/N-ethyl adjacent to an activating group) is 1. The molecule has 3 fully saturated rings. The van der Waals surface area contributed by atoms with Crippen LogP contribution in [0.4, 0.5) is 24.8 Å². The Morgan fingerprint density at radius 3 is 2.15 bits per heavy atom. The minimum Gasteiger partial charge on any atom is -0.454 e. The highest BCUT2D eigenvalue weighted by Gasteiger charge is 2.46. The molecule has 0 bridgehead atoms. The second-order valence-electron chi connectivity index (χ2n) is 11.9. The molecule has 1 saturated carbocycles. The van der Waals surface area contributed by atoms with E-state index in [0.29, 0.717) is 48.9 Å². The number of benzene rings is 2. The third kappa shape index (κ3) is 7.01. The van der Waals surface area contributed by atoms with Gasteiger partial charge in [0, 0.05) is 73.2 Å². The lowest BCUT2D eigenvalue weighted by Crippen LogP contribution is -2.42. The van der Waals surface area contributed by atoms with Crippen LogP contribution >= 0.6 is 11.6 Å². The molecule has 15 heteroatoms. The second-order valence-corrected chi connectivity index (χ2v) is 12.4. The van der Waals surface area contributed by atoms with E-state index < -0.39 is 30.6 Å². The Labute approximate surface area is 267 Å². The fourth-order valence-electron chi connectivity index (χ4n) is 6.15. The standard InChI is InChI=1S/C31H31ClF3N7O4/c1-36-25(43)27(45)42-15-19-13-41(14-20(19)16-42)26(44)18-2-8-23(9-3-18)37-28-38-24(39-29(40-28)46-17-31(33,34)35)12-30(10-11-30)21-4-6-22(32)7-5-21/h2-9,19-20H,10-17H2,1H3,(H,36,43)(H,37,38,39,40). The van der Waals surface area contributed by atoms with Crippen molar-refractivity contribution in [1.29, 1.82) is 0 Å². The summed E-state index contributed by atoms with van der Waals surface area (Å²) in [4.78, 5) is 53.1. The van der Waals surface area contributed by atoms with Gasteiger partial charge in [-0.25, -0.2) is 0 Å². The first-order valence-corrected chi connectivity index (χ1v) is 15.2. The quantitative estimate of drug-likeness (QED) is 0.351. The summed E-state index contributed by atoms with van der Waals surface area (Å²) in [5, 5.41) is 5.95. The average molecular weight is 658 g/mol. The molecular weight excluding hydrogens is 627 g/mol. The van der Waals surface area contributed by atoms with Crippen molar-refractivity contribution >= 4 is 41.0 Å². The molecule has 2 aromatic carbocycles. The van der Waals surface area contributed by atoms with Gasteiger partial charge in [-0.1, -0.05) is 23.7 Å². The minimum absolute atomic E-state index is 0.0105. The Morgan fingerprint density at radius 2 is 1.57 bits per heavy atom. The molecule has 6 rings (SSSR count). The minimum atomic E-state index is -4.57. The van der Waals surface area contributed by atoms with E-state index in [4.69, 9.17) is 16.3 Å². The van der Waals surface area contributed by atoms with Crippen molar-refractivity contribution in [2.75, 3.05) is 45.2 Å². The van der Waals surface area contributed by atoms with Gasteiger partial charge in [0.15, 0.2) is 6.61 Å². The number of likely N-dealkylation sites (tertiary alicyclic amines) is 2. The van der Waals surface area contributed by atoms with E-state index in [1.165, 1.54) is 11.9 Å². The monoisotopic (exact) mass is 657 g/mol. The zero-order valence-corrected chi connectivity index (χ0v) is 25.6. The molecule has 2 saturated heterocycles. The molecule has 11 nitrogen and oxygen atoms in total. The van der Waals surface area contributed by atoms with Crippen molar-refractivity contribution in [1.82, 2.24) is 30.1 Å². The normalized spacial score (nSPS) is 19.8. The third-order valence-corrected chi connectivity index (χ3v) is 8.95. The SMILES string of the molecule is CNC(=O)C(=O)N1CC2CN(C(=O)c3ccc(Nc4nc(CC5(c6ccc(Cl)cc6)CC5)nc(OCC(F)(F)F)n4)cc3)CC2C1. The smallest absolute Gasteiger partial charge is 0.422 e. The van der Waals surface area contributed by atoms with E-state index in [2.05, 4.69) is 25.6 Å². The summed E-state index contributed by atoms with van der Waals surface area (Å²) >= 11 is 6.05. The number of carbonyl (C=O) groups excluding carboxylic acids is 3. The topological polar surface area (TPSA) is 130 Å². The number of rotatable bonds is 8. The number of hydrogen-bond acceptors (Lipinski definition) is 8. The zero-order chi connectivity index (χ0) is 32.6. The molecule has 1 aromatic heterocycles. The molecule has 2 unspecified atom stereocenters. The first kappa shape index (κ1) is 31.5. The lowest BCUT2D eigenvalue weighted by molar-refractivity contribution is -0.154. The van der Waals surface area contributed by atoms with E-state index in [1.54, 1.807) is 41.3 Å². The second kappa shape index (κ2) is 12.4. The average Bonchev–Trinajstić information content (AvgIpc) is 3.52. The van der Waals surface area contributed by atoms with Gasteiger partial charge in [0.25, 0.3) is 5.91 Å². The van der Waals surface area contributed by atoms with Gasteiger partial charge >= 0.3 is 24.0 Å². The zero-order valence-electron chi connectivity index (χ0n) is 24.8. The highest BCUT2D eigenvalue weighted by Crippen LogP contribution is 2.50. The van der Waals surface area contributed by atoms with Crippen LogP contribution in [-0.2, 0) is 21.4 Å². The van der Waals surface area contributed by atoms with Gasteiger partial charge in [-0.05, 0) is 54.8 Å². The fourth-order valence-corrected chi connectivity index (χ4v) is 6.28. The van der Waals surface area contributed by atoms with Gasteiger partial charge < -0.3 is 25.2 Å². The van der Waals surface area contributed by atoms with E-state index >= 15 is 0 Å². The number of anilines is 2. The van der Waals surface area contributed by atoms with Gasteiger partial charge in [0.05, 0.1) is 0 Å². The number of carbonyl (C=O) groups is 3. The summed E-state index contributed by atoms with van der Waals surface area (Å²) in [6.45, 7) is 0.259. The van der Waals surface area contributed by atoms with Crippen LogP contribution in [0.15, 0.2) is 48.5 Å². The van der Waals surface area contributed by atoms with Crippen LogP contribution in [0.2, 0.25) is 5.02 Å². The maximum Gasteiger partial charge on any atom is 0.422 e. The largest absolute Gasteiger partial charge is 0.454 e. The Kier molecular flexibility index (Phi) is 8.49. The molecule has 3 aromatic rings. The predicted octanol–water partition coefficient (Wildman–Crippen LogP) is 3.76. The van der Waals surface area contributed by atoms with Crippen molar-refractivity contribution in [2.24, 2.45) is 11.8 Å². The number of amides is 3. The van der Waals surface area contributed by atoms with Crippen molar-refractivity contribution in [3.8, 4) is 6.01 Å². The predicted molar refractivity (Wildman–Crippen MR) is 161 cm³/mol. The highest BCUT2D eigenvalue weighted by atomic mass is 35.5. The van der Waals surface area contributed by atoms with Crippen LogP contribution in [0.5, 0.6) is 6.01 Å². The molecule has 3 aliphatic rings. The summed E-state index contributed by atoms with van der Waals surface area (Å²) in [5.74, 6) is -0.882. The molecular formula is C31H31ClF3N7O4. The summed E-state index contributed by atoms with van der Waals surface area (Å²) in [6, 6.07) is 13.6. The van der Waals surface area contributed by atoms with E-state index in [-0.39, 0.29) is 34.9 Å². The summed E-state index contributed by atoms with van der Waals surface area (Å²) < 4.78 is 43.6. The number of aromatic nitrogens is 3. The van der Waals surface area contributed by atoms with E-state index in [1.807, 2.05) is 12.1 Å².